The molecule has 1 aromatic heterocycles. The van der Waals surface area contributed by atoms with Crippen LogP contribution in [0.2, 0.25) is 0 Å². The van der Waals surface area contributed by atoms with E-state index in [2.05, 4.69) is 0 Å². The van der Waals surface area contributed by atoms with Gasteiger partial charge >= 0.3 is 5.97 Å². The lowest BCUT2D eigenvalue weighted by Crippen LogP contribution is -2.21. The molecule has 0 aliphatic carbocycles. The van der Waals surface area contributed by atoms with Crippen molar-refractivity contribution in [1.29, 1.82) is 0 Å². The molecular formula is C19H17NO4. The Kier molecular flexibility index (Phi) is 4.61. The van der Waals surface area contributed by atoms with Crippen LogP contribution in [-0.2, 0) is 17.9 Å². The highest BCUT2D eigenvalue weighted by molar-refractivity contribution is 5.85. The topological polar surface area (TPSA) is 68.5 Å². The van der Waals surface area contributed by atoms with Crippen molar-refractivity contribution in [2.75, 3.05) is 0 Å². The molecule has 0 aliphatic rings. The Labute approximate surface area is 138 Å². The molecule has 5 nitrogen and oxygen atoms in total. The summed E-state index contributed by atoms with van der Waals surface area (Å²) in [6, 6.07) is 18.4. The highest BCUT2D eigenvalue weighted by atomic mass is 16.5. The lowest BCUT2D eigenvalue weighted by atomic mass is 10.2. The summed E-state index contributed by atoms with van der Waals surface area (Å²) in [6.45, 7) is 0.485. The standard InChI is InChI=1S/C19H17NO4/c21-17-10-9-15-7-4-8-16(19(15)20(17)12-11-18(22)23)24-13-14-5-2-1-3-6-14/h1-10H,11-13H2,(H,22,23). The first-order chi connectivity index (χ1) is 11.6. The third-order valence-electron chi connectivity index (χ3n) is 3.76. The lowest BCUT2D eigenvalue weighted by Gasteiger charge is -2.14. The Morgan fingerprint density at radius 1 is 1.00 bits per heavy atom. The summed E-state index contributed by atoms with van der Waals surface area (Å²) in [4.78, 5) is 23.1. The first-order valence-electron chi connectivity index (χ1n) is 7.66. The fourth-order valence-corrected chi connectivity index (χ4v) is 2.61. The maximum absolute atomic E-state index is 12.2. The van der Waals surface area contributed by atoms with E-state index in [4.69, 9.17) is 9.84 Å². The minimum absolute atomic E-state index is 0.108. The van der Waals surface area contributed by atoms with Gasteiger partial charge in [0.05, 0.1) is 11.9 Å². The second-order valence-corrected chi connectivity index (χ2v) is 5.44. The van der Waals surface area contributed by atoms with E-state index >= 15 is 0 Å². The summed E-state index contributed by atoms with van der Waals surface area (Å²) in [5, 5.41) is 9.75. The lowest BCUT2D eigenvalue weighted by molar-refractivity contribution is -0.137. The first-order valence-corrected chi connectivity index (χ1v) is 7.66. The number of fused-ring (bicyclic) bond motifs is 1. The van der Waals surface area contributed by atoms with Gasteiger partial charge in [0.15, 0.2) is 0 Å². The van der Waals surface area contributed by atoms with Gasteiger partial charge in [0, 0.05) is 18.0 Å². The van der Waals surface area contributed by atoms with Crippen LogP contribution in [0.1, 0.15) is 12.0 Å². The number of para-hydroxylation sites is 1. The van der Waals surface area contributed by atoms with E-state index in [1.165, 1.54) is 10.6 Å². The number of carboxylic acid groups (broad SMARTS) is 1. The highest BCUT2D eigenvalue weighted by Gasteiger charge is 2.10. The molecule has 0 radical (unpaired) electrons. The Hall–Kier alpha value is -3.08. The van der Waals surface area contributed by atoms with E-state index in [0.717, 1.165) is 10.9 Å². The van der Waals surface area contributed by atoms with Crippen molar-refractivity contribution in [3.63, 3.8) is 0 Å². The molecule has 0 aliphatic heterocycles. The van der Waals surface area contributed by atoms with Crippen molar-refractivity contribution in [1.82, 2.24) is 4.57 Å². The van der Waals surface area contributed by atoms with Crippen LogP contribution in [-0.4, -0.2) is 15.6 Å². The fraction of sp³-hybridized carbons (Fsp3) is 0.158. The summed E-state index contributed by atoms with van der Waals surface area (Å²) in [5.41, 5.74) is 1.41. The monoisotopic (exact) mass is 323 g/mol. The molecule has 0 saturated heterocycles. The van der Waals surface area contributed by atoms with Crippen LogP contribution in [0, 0.1) is 0 Å². The molecule has 0 unspecified atom stereocenters. The van der Waals surface area contributed by atoms with Crippen LogP contribution in [0.15, 0.2) is 65.5 Å². The van der Waals surface area contributed by atoms with Crippen LogP contribution >= 0.6 is 0 Å². The summed E-state index contributed by atoms with van der Waals surface area (Å²) in [6.07, 6.45) is -0.119. The van der Waals surface area contributed by atoms with Crippen LogP contribution in [0.25, 0.3) is 10.9 Å². The van der Waals surface area contributed by atoms with Crippen molar-refractivity contribution in [3.05, 3.63) is 76.6 Å². The van der Waals surface area contributed by atoms with Gasteiger partial charge in [0.1, 0.15) is 12.4 Å². The maximum atomic E-state index is 12.2. The SMILES string of the molecule is O=C(O)CCn1c(=O)ccc2cccc(OCc3ccccc3)c21. The number of hydrogen-bond acceptors (Lipinski definition) is 3. The number of carboxylic acids is 1. The summed E-state index contributed by atoms with van der Waals surface area (Å²) >= 11 is 0. The Balaban J connectivity index is 1.99. The summed E-state index contributed by atoms with van der Waals surface area (Å²) in [7, 11) is 0. The zero-order valence-corrected chi connectivity index (χ0v) is 13.0. The third kappa shape index (κ3) is 3.46. The molecule has 2 aromatic carbocycles. The van der Waals surface area contributed by atoms with Gasteiger partial charge in [-0.05, 0) is 17.7 Å². The van der Waals surface area contributed by atoms with Gasteiger partial charge in [-0.25, -0.2) is 0 Å². The molecule has 122 valence electrons. The Morgan fingerprint density at radius 3 is 2.54 bits per heavy atom. The number of rotatable bonds is 6. The number of pyridine rings is 1. The van der Waals surface area contributed by atoms with Crippen molar-refractivity contribution in [2.45, 2.75) is 19.6 Å². The number of aromatic nitrogens is 1. The number of hydrogen-bond donors (Lipinski definition) is 1. The van der Waals surface area contributed by atoms with Gasteiger partial charge in [-0.2, -0.15) is 0 Å². The quantitative estimate of drug-likeness (QED) is 0.757. The zero-order chi connectivity index (χ0) is 16.9. The average Bonchev–Trinajstić information content (AvgIpc) is 2.60. The minimum atomic E-state index is -0.943. The van der Waals surface area contributed by atoms with E-state index in [9.17, 15) is 9.59 Å². The van der Waals surface area contributed by atoms with Crippen molar-refractivity contribution >= 4 is 16.9 Å². The Morgan fingerprint density at radius 2 is 1.79 bits per heavy atom. The molecule has 3 aromatic rings. The molecule has 0 amide bonds. The predicted octanol–water partition coefficient (Wildman–Crippen LogP) is 3.06. The van der Waals surface area contributed by atoms with E-state index in [1.54, 1.807) is 12.1 Å². The van der Waals surface area contributed by atoms with E-state index < -0.39 is 5.97 Å². The largest absolute Gasteiger partial charge is 0.487 e. The third-order valence-corrected chi connectivity index (χ3v) is 3.76. The van der Waals surface area contributed by atoms with Gasteiger partial charge in [0.25, 0.3) is 5.56 Å². The van der Waals surface area contributed by atoms with Gasteiger partial charge in [-0.15, -0.1) is 0 Å². The van der Waals surface area contributed by atoms with Crippen molar-refractivity contribution in [2.24, 2.45) is 0 Å². The molecule has 1 N–H and O–H groups in total. The number of nitrogens with zero attached hydrogens (tertiary/aromatic N) is 1. The number of benzene rings is 2. The Bertz CT molecular complexity index is 916. The normalized spacial score (nSPS) is 10.7. The smallest absolute Gasteiger partial charge is 0.305 e. The van der Waals surface area contributed by atoms with Gasteiger partial charge in [-0.1, -0.05) is 42.5 Å². The molecule has 0 saturated carbocycles. The maximum Gasteiger partial charge on any atom is 0.305 e. The second kappa shape index (κ2) is 7.00. The number of aliphatic carboxylic acids is 1. The van der Waals surface area contributed by atoms with Crippen LogP contribution < -0.4 is 10.3 Å². The second-order valence-electron chi connectivity index (χ2n) is 5.44. The number of aryl methyl sites for hydroxylation is 1. The minimum Gasteiger partial charge on any atom is -0.487 e. The number of carbonyl (C=O) groups is 1. The van der Waals surface area contributed by atoms with Crippen LogP contribution in [0.4, 0.5) is 0 Å². The molecule has 0 atom stereocenters. The van der Waals surface area contributed by atoms with E-state index in [0.29, 0.717) is 17.9 Å². The molecule has 0 bridgehead atoms. The molecule has 24 heavy (non-hydrogen) atoms. The zero-order valence-electron chi connectivity index (χ0n) is 13.0. The van der Waals surface area contributed by atoms with E-state index in [1.807, 2.05) is 42.5 Å². The van der Waals surface area contributed by atoms with Crippen molar-refractivity contribution < 1.29 is 14.6 Å². The van der Waals surface area contributed by atoms with Gasteiger partial charge < -0.3 is 14.4 Å². The van der Waals surface area contributed by atoms with Gasteiger partial charge in [-0.3, -0.25) is 9.59 Å². The van der Waals surface area contributed by atoms with Gasteiger partial charge in [0.2, 0.25) is 0 Å². The first kappa shape index (κ1) is 15.8. The summed E-state index contributed by atoms with van der Waals surface area (Å²) in [5.74, 6) is -0.374. The fourth-order valence-electron chi connectivity index (χ4n) is 2.61. The molecule has 0 spiro atoms. The molecular weight excluding hydrogens is 306 g/mol. The van der Waals surface area contributed by atoms with Crippen LogP contribution in [0.3, 0.4) is 0 Å². The molecule has 5 heteroatoms. The predicted molar refractivity (Wildman–Crippen MR) is 91.2 cm³/mol. The average molecular weight is 323 g/mol. The molecule has 3 rings (SSSR count). The van der Waals surface area contributed by atoms with Crippen molar-refractivity contribution in [3.8, 4) is 5.75 Å². The number of ether oxygens (including phenoxy) is 1. The molecule has 0 fully saturated rings. The summed E-state index contributed by atoms with van der Waals surface area (Å²) < 4.78 is 7.36. The molecule has 1 heterocycles. The highest BCUT2D eigenvalue weighted by Crippen LogP contribution is 2.25. The van der Waals surface area contributed by atoms with E-state index in [-0.39, 0.29) is 18.5 Å². The van der Waals surface area contributed by atoms with Crippen LogP contribution in [0.5, 0.6) is 5.75 Å².